The molecule has 0 bridgehead atoms. The first-order valence-corrected chi connectivity index (χ1v) is 10.2. The highest BCUT2D eigenvalue weighted by Gasteiger charge is 2.17. The highest BCUT2D eigenvalue weighted by atomic mass is 32.2. The van der Waals surface area contributed by atoms with E-state index in [9.17, 15) is 4.79 Å². The van der Waals surface area contributed by atoms with Crippen LogP contribution >= 0.6 is 11.8 Å². The van der Waals surface area contributed by atoms with Gasteiger partial charge in [-0.2, -0.15) is 4.99 Å². The van der Waals surface area contributed by atoms with Gasteiger partial charge in [0.25, 0.3) is 0 Å². The Bertz CT molecular complexity index is 850. The molecule has 0 aromatic heterocycles. The average molecular weight is 397 g/mol. The Morgan fingerprint density at radius 1 is 1.18 bits per heavy atom. The summed E-state index contributed by atoms with van der Waals surface area (Å²) in [6.07, 6.45) is 0. The number of nitrogens with one attached hydrogen (secondary N) is 1. The van der Waals surface area contributed by atoms with Crippen LogP contribution in [0.15, 0.2) is 64.7 Å². The van der Waals surface area contributed by atoms with Crippen LogP contribution in [-0.2, 0) is 11.3 Å². The van der Waals surface area contributed by atoms with Gasteiger partial charge in [0.15, 0.2) is 0 Å². The highest BCUT2D eigenvalue weighted by Crippen LogP contribution is 2.15. The number of amides is 1. The lowest BCUT2D eigenvalue weighted by molar-refractivity contribution is -0.118. The molecule has 2 aromatic carbocycles. The van der Waals surface area contributed by atoms with Crippen LogP contribution in [0.1, 0.15) is 18.1 Å². The van der Waals surface area contributed by atoms with E-state index in [2.05, 4.69) is 15.4 Å². The molecule has 0 saturated carbocycles. The van der Waals surface area contributed by atoms with Gasteiger partial charge in [0.1, 0.15) is 12.3 Å². The van der Waals surface area contributed by atoms with Gasteiger partial charge < -0.3 is 10.1 Å². The van der Waals surface area contributed by atoms with Crippen LogP contribution in [-0.4, -0.2) is 40.8 Å². The molecule has 0 atom stereocenters. The molecule has 0 radical (unpaired) electrons. The Morgan fingerprint density at radius 3 is 2.64 bits per heavy atom. The number of carbonyl (C=O) groups is 1. The molecule has 0 aliphatic carbocycles. The quantitative estimate of drug-likeness (QED) is 0.812. The SMILES string of the molecule is CCN1CC(Oc2ccccc2)=NC(SCC(=O)NCc2ccc(C)cc2)=N1. The second kappa shape index (κ2) is 9.94. The van der Waals surface area contributed by atoms with E-state index in [1.165, 1.54) is 17.3 Å². The third-order valence-electron chi connectivity index (χ3n) is 4.05. The average Bonchev–Trinajstić information content (AvgIpc) is 2.72. The maximum absolute atomic E-state index is 12.2. The number of carbonyl (C=O) groups excluding carboxylic acids is 1. The van der Waals surface area contributed by atoms with Crippen LogP contribution in [0.3, 0.4) is 0 Å². The molecule has 146 valence electrons. The fourth-order valence-electron chi connectivity index (χ4n) is 2.49. The Labute approximate surface area is 169 Å². The van der Waals surface area contributed by atoms with E-state index < -0.39 is 0 Å². The van der Waals surface area contributed by atoms with E-state index in [0.717, 1.165) is 17.9 Å². The zero-order valence-electron chi connectivity index (χ0n) is 16.1. The lowest BCUT2D eigenvalue weighted by atomic mass is 10.1. The zero-order valence-corrected chi connectivity index (χ0v) is 16.9. The molecule has 2 aromatic rings. The second-order valence-corrected chi connectivity index (χ2v) is 7.28. The zero-order chi connectivity index (χ0) is 19.8. The molecule has 0 fully saturated rings. The first-order chi connectivity index (χ1) is 13.6. The Hall–Kier alpha value is -2.80. The van der Waals surface area contributed by atoms with Gasteiger partial charge in [-0.3, -0.25) is 9.80 Å². The number of hydrazone groups is 1. The number of hydrogen-bond donors (Lipinski definition) is 1. The van der Waals surface area contributed by atoms with E-state index in [0.29, 0.717) is 24.2 Å². The van der Waals surface area contributed by atoms with Gasteiger partial charge in [-0.15, -0.1) is 5.10 Å². The van der Waals surface area contributed by atoms with E-state index in [4.69, 9.17) is 4.74 Å². The number of nitrogens with zero attached hydrogens (tertiary/aromatic N) is 3. The topological polar surface area (TPSA) is 66.3 Å². The minimum atomic E-state index is -0.0531. The maximum Gasteiger partial charge on any atom is 0.230 e. The fraction of sp³-hybridized carbons (Fsp3) is 0.286. The minimum Gasteiger partial charge on any atom is -0.441 e. The summed E-state index contributed by atoms with van der Waals surface area (Å²) in [5, 5.41) is 9.79. The first kappa shape index (κ1) is 19.9. The normalized spacial score (nSPS) is 13.6. The number of hydrogen-bond acceptors (Lipinski definition) is 6. The summed E-state index contributed by atoms with van der Waals surface area (Å²) < 4.78 is 5.85. The van der Waals surface area contributed by atoms with Gasteiger partial charge in [-0.05, 0) is 31.5 Å². The van der Waals surface area contributed by atoms with Crippen LogP contribution < -0.4 is 10.1 Å². The lowest BCUT2D eigenvalue weighted by Crippen LogP contribution is -2.33. The third-order valence-corrected chi connectivity index (χ3v) is 4.89. The highest BCUT2D eigenvalue weighted by molar-refractivity contribution is 8.14. The summed E-state index contributed by atoms with van der Waals surface area (Å²) in [7, 11) is 0. The predicted molar refractivity (Wildman–Crippen MR) is 115 cm³/mol. The van der Waals surface area contributed by atoms with Crippen LogP contribution in [0.5, 0.6) is 5.75 Å². The number of ether oxygens (including phenoxy) is 1. The van der Waals surface area contributed by atoms with Gasteiger partial charge in [-0.1, -0.05) is 59.8 Å². The summed E-state index contributed by atoms with van der Waals surface area (Å²) in [4.78, 5) is 16.6. The van der Waals surface area contributed by atoms with Crippen molar-refractivity contribution in [3.63, 3.8) is 0 Å². The number of aliphatic imine (C=N–C) groups is 1. The molecule has 0 spiro atoms. The molecule has 1 amide bonds. The molecular formula is C21H24N4O2S. The molecule has 1 N–H and O–H groups in total. The largest absolute Gasteiger partial charge is 0.441 e. The van der Waals surface area contributed by atoms with E-state index in [1.54, 1.807) is 0 Å². The molecule has 28 heavy (non-hydrogen) atoms. The first-order valence-electron chi connectivity index (χ1n) is 9.21. The molecule has 0 saturated heterocycles. The van der Waals surface area contributed by atoms with Crippen molar-refractivity contribution in [3.05, 3.63) is 65.7 Å². The fourth-order valence-corrected chi connectivity index (χ4v) is 3.19. The maximum atomic E-state index is 12.2. The van der Waals surface area contributed by atoms with Crippen molar-refractivity contribution in [3.8, 4) is 5.75 Å². The van der Waals surface area contributed by atoms with Crippen LogP contribution in [0.2, 0.25) is 0 Å². The Balaban J connectivity index is 1.53. The number of thioether (sulfide) groups is 1. The van der Waals surface area contributed by atoms with E-state index in [1.807, 2.05) is 73.5 Å². The second-order valence-electron chi connectivity index (χ2n) is 6.34. The molecule has 1 aliphatic heterocycles. The smallest absolute Gasteiger partial charge is 0.230 e. The standard InChI is InChI=1S/C21H24N4O2S/c1-3-25-14-20(27-18-7-5-4-6-8-18)23-21(24-25)28-15-19(26)22-13-17-11-9-16(2)10-12-17/h4-12H,3,13-15H2,1-2H3,(H,22,26). The van der Waals surface area contributed by atoms with Crippen molar-refractivity contribution in [2.75, 3.05) is 18.8 Å². The van der Waals surface area contributed by atoms with Crippen molar-refractivity contribution >= 4 is 28.7 Å². The van der Waals surface area contributed by atoms with Crippen molar-refractivity contribution in [2.24, 2.45) is 10.1 Å². The van der Waals surface area contributed by atoms with Gasteiger partial charge in [0.05, 0.1) is 5.75 Å². The molecule has 1 aliphatic rings. The number of benzene rings is 2. The molecular weight excluding hydrogens is 372 g/mol. The number of para-hydroxylation sites is 1. The molecule has 6 nitrogen and oxygen atoms in total. The number of likely N-dealkylation sites (N-methyl/N-ethyl adjacent to an activating group) is 1. The van der Waals surface area contributed by atoms with Crippen molar-refractivity contribution in [2.45, 2.75) is 20.4 Å². The van der Waals surface area contributed by atoms with E-state index in [-0.39, 0.29) is 11.7 Å². The number of rotatable bonds is 6. The van der Waals surface area contributed by atoms with Crippen LogP contribution in [0.25, 0.3) is 0 Å². The Morgan fingerprint density at radius 2 is 1.93 bits per heavy atom. The minimum absolute atomic E-state index is 0.0531. The molecule has 7 heteroatoms. The molecule has 0 unspecified atom stereocenters. The van der Waals surface area contributed by atoms with Gasteiger partial charge in [0.2, 0.25) is 17.0 Å². The number of aryl methyl sites for hydroxylation is 1. The molecule has 3 rings (SSSR count). The summed E-state index contributed by atoms with van der Waals surface area (Å²) in [5.41, 5.74) is 2.28. The van der Waals surface area contributed by atoms with Gasteiger partial charge in [-0.25, -0.2) is 0 Å². The predicted octanol–water partition coefficient (Wildman–Crippen LogP) is 3.43. The summed E-state index contributed by atoms with van der Waals surface area (Å²) >= 11 is 1.31. The van der Waals surface area contributed by atoms with Crippen LogP contribution in [0.4, 0.5) is 0 Å². The van der Waals surface area contributed by atoms with Crippen molar-refractivity contribution in [1.82, 2.24) is 10.3 Å². The monoisotopic (exact) mass is 396 g/mol. The lowest BCUT2D eigenvalue weighted by Gasteiger charge is -2.23. The number of amidine groups is 1. The molecule has 1 heterocycles. The van der Waals surface area contributed by atoms with Gasteiger partial charge in [0, 0.05) is 13.1 Å². The van der Waals surface area contributed by atoms with Gasteiger partial charge >= 0.3 is 0 Å². The Kier molecular flexibility index (Phi) is 7.08. The van der Waals surface area contributed by atoms with Crippen LogP contribution in [0, 0.1) is 6.92 Å². The summed E-state index contributed by atoms with van der Waals surface area (Å²) in [5.74, 6) is 1.51. The van der Waals surface area contributed by atoms with Crippen molar-refractivity contribution < 1.29 is 9.53 Å². The summed E-state index contributed by atoms with van der Waals surface area (Å²) in [6, 6.07) is 17.6. The van der Waals surface area contributed by atoms with E-state index >= 15 is 0 Å². The third kappa shape index (κ3) is 6.13. The summed E-state index contributed by atoms with van der Waals surface area (Å²) in [6.45, 7) is 5.82. The van der Waals surface area contributed by atoms with Crippen molar-refractivity contribution in [1.29, 1.82) is 0 Å².